The summed E-state index contributed by atoms with van der Waals surface area (Å²) in [5.74, 6) is -0.880. The minimum atomic E-state index is -4.20. The van der Waals surface area contributed by atoms with Crippen LogP contribution in [0.25, 0.3) is 0 Å². The second-order valence-electron chi connectivity index (χ2n) is 7.86. The summed E-state index contributed by atoms with van der Waals surface area (Å²) >= 11 is 0. The molecule has 0 unspecified atom stereocenters. The molecular weight excluding hydrogens is 453 g/mol. The van der Waals surface area contributed by atoms with E-state index in [-0.39, 0.29) is 52.2 Å². The van der Waals surface area contributed by atoms with Gasteiger partial charge in [0, 0.05) is 64.3 Å². The molecule has 0 aromatic heterocycles. The molecule has 12 heteroatoms. The van der Waals surface area contributed by atoms with Crippen LogP contribution in [0.4, 0.5) is 18.9 Å². The van der Waals surface area contributed by atoms with Gasteiger partial charge in [-0.15, -0.1) is 0 Å². The Morgan fingerprint density at radius 3 is 2.22 bits per heavy atom. The lowest BCUT2D eigenvalue weighted by atomic mass is 9.99. The first-order valence-corrected chi connectivity index (χ1v) is 11.8. The van der Waals surface area contributed by atoms with Crippen molar-refractivity contribution in [2.24, 2.45) is 0 Å². The Morgan fingerprint density at radius 1 is 1.09 bits per heavy atom. The lowest BCUT2D eigenvalue weighted by molar-refractivity contribution is -0.143. The summed E-state index contributed by atoms with van der Waals surface area (Å²) in [5.41, 5.74) is 0.823. The third kappa shape index (κ3) is 5.46. The number of benzene rings is 1. The number of hydrogen-bond acceptors (Lipinski definition) is 6. The molecule has 2 heterocycles. The standard InChI is InChI=1S/C20H27F3N2O6S/c21-20(22,23)6-1-13-31-17-4-2-16(3-5-17)24-9-11-25(12-10-24)32(28,29)19(18(26)27)7-14-30-15-8-19/h2-5H,1,6-15H2,(H,26,27). The highest BCUT2D eigenvalue weighted by atomic mass is 32.2. The average Bonchev–Trinajstić information content (AvgIpc) is 2.77. The van der Waals surface area contributed by atoms with Crippen LogP contribution in [0.2, 0.25) is 0 Å². The van der Waals surface area contributed by atoms with E-state index in [1.165, 1.54) is 4.31 Å². The number of piperazine rings is 1. The van der Waals surface area contributed by atoms with Crippen LogP contribution in [0.1, 0.15) is 25.7 Å². The quantitative estimate of drug-likeness (QED) is 0.571. The molecule has 2 aliphatic heterocycles. The molecule has 32 heavy (non-hydrogen) atoms. The first-order chi connectivity index (χ1) is 15.1. The Labute approximate surface area is 184 Å². The highest BCUT2D eigenvalue weighted by Gasteiger charge is 2.54. The Hall–Kier alpha value is -2.05. The van der Waals surface area contributed by atoms with Crippen molar-refractivity contribution in [3.8, 4) is 5.75 Å². The molecular formula is C20H27F3N2O6S. The fourth-order valence-electron chi connectivity index (χ4n) is 3.93. The average molecular weight is 481 g/mol. The predicted molar refractivity (Wildman–Crippen MR) is 110 cm³/mol. The largest absolute Gasteiger partial charge is 0.494 e. The van der Waals surface area contributed by atoms with Gasteiger partial charge in [-0.3, -0.25) is 4.79 Å². The zero-order valence-corrected chi connectivity index (χ0v) is 18.3. The van der Waals surface area contributed by atoms with E-state index in [0.29, 0.717) is 18.8 Å². The van der Waals surface area contributed by atoms with Crippen molar-refractivity contribution in [3.63, 3.8) is 0 Å². The summed E-state index contributed by atoms with van der Waals surface area (Å²) in [5, 5.41) is 9.69. The molecule has 180 valence electrons. The number of sulfonamides is 1. The zero-order valence-electron chi connectivity index (χ0n) is 17.5. The van der Waals surface area contributed by atoms with Crippen LogP contribution < -0.4 is 9.64 Å². The molecule has 0 spiro atoms. The van der Waals surface area contributed by atoms with Crippen molar-refractivity contribution in [1.29, 1.82) is 0 Å². The van der Waals surface area contributed by atoms with Crippen LogP contribution >= 0.6 is 0 Å². The zero-order chi connectivity index (χ0) is 23.4. The molecule has 1 N–H and O–H groups in total. The number of ether oxygens (including phenoxy) is 2. The van der Waals surface area contributed by atoms with Crippen molar-refractivity contribution in [2.75, 3.05) is 50.9 Å². The van der Waals surface area contributed by atoms with Gasteiger partial charge >= 0.3 is 12.1 Å². The number of carboxylic acid groups (broad SMARTS) is 1. The smallest absolute Gasteiger partial charge is 0.389 e. The molecule has 0 atom stereocenters. The van der Waals surface area contributed by atoms with Gasteiger partial charge in [0.1, 0.15) is 5.75 Å². The number of alkyl halides is 3. The third-order valence-electron chi connectivity index (χ3n) is 5.84. The molecule has 2 saturated heterocycles. The molecule has 0 bridgehead atoms. The van der Waals surface area contributed by atoms with Gasteiger partial charge in [0.05, 0.1) is 6.61 Å². The van der Waals surface area contributed by atoms with E-state index in [1.54, 1.807) is 24.3 Å². The summed E-state index contributed by atoms with van der Waals surface area (Å²) in [6.07, 6.45) is -5.36. The predicted octanol–water partition coefficient (Wildman–Crippen LogP) is 2.49. The number of carboxylic acids is 1. The van der Waals surface area contributed by atoms with Gasteiger partial charge in [0.15, 0.2) is 4.75 Å². The lowest BCUT2D eigenvalue weighted by Crippen LogP contribution is -2.59. The SMILES string of the molecule is O=C(O)C1(S(=O)(=O)N2CCN(c3ccc(OCCCC(F)(F)F)cc3)CC2)CCOCC1. The van der Waals surface area contributed by atoms with E-state index in [9.17, 15) is 31.5 Å². The highest BCUT2D eigenvalue weighted by Crippen LogP contribution is 2.34. The number of anilines is 1. The second kappa shape index (κ2) is 9.84. The van der Waals surface area contributed by atoms with Crippen LogP contribution in [0.5, 0.6) is 5.75 Å². The Balaban J connectivity index is 1.55. The molecule has 3 rings (SSSR count). The van der Waals surface area contributed by atoms with Gasteiger partial charge < -0.3 is 19.5 Å². The fourth-order valence-corrected chi connectivity index (χ4v) is 5.97. The van der Waals surface area contributed by atoms with Gasteiger partial charge in [0.25, 0.3) is 0 Å². The van der Waals surface area contributed by atoms with Gasteiger partial charge in [0.2, 0.25) is 10.0 Å². The molecule has 0 aliphatic carbocycles. The Bertz CT molecular complexity index is 878. The molecule has 0 amide bonds. The van der Waals surface area contributed by atoms with Crippen molar-refractivity contribution >= 4 is 21.7 Å². The van der Waals surface area contributed by atoms with Crippen LogP contribution in [0.3, 0.4) is 0 Å². The van der Waals surface area contributed by atoms with Gasteiger partial charge in [-0.2, -0.15) is 17.5 Å². The van der Waals surface area contributed by atoms with Crippen LogP contribution in [0, 0.1) is 0 Å². The molecule has 0 radical (unpaired) electrons. The van der Waals surface area contributed by atoms with E-state index < -0.39 is 33.3 Å². The monoisotopic (exact) mass is 480 g/mol. The first kappa shape index (κ1) is 24.6. The third-order valence-corrected chi connectivity index (χ3v) is 8.45. The summed E-state index contributed by atoms with van der Waals surface area (Å²) in [7, 11) is -4.05. The van der Waals surface area contributed by atoms with Crippen molar-refractivity contribution in [1.82, 2.24) is 4.31 Å². The number of nitrogens with zero attached hydrogens (tertiary/aromatic N) is 2. The molecule has 2 aliphatic rings. The number of carbonyl (C=O) groups is 1. The maximum atomic E-state index is 13.2. The number of aliphatic carboxylic acids is 1. The minimum Gasteiger partial charge on any atom is -0.494 e. The molecule has 8 nitrogen and oxygen atoms in total. The molecule has 1 aromatic rings. The maximum absolute atomic E-state index is 13.2. The molecule has 0 saturated carbocycles. The number of halogens is 3. The summed E-state index contributed by atoms with van der Waals surface area (Å²) in [4.78, 5) is 13.9. The summed E-state index contributed by atoms with van der Waals surface area (Å²) < 4.78 is 72.7. The van der Waals surface area contributed by atoms with E-state index >= 15 is 0 Å². The van der Waals surface area contributed by atoms with E-state index in [4.69, 9.17) is 9.47 Å². The van der Waals surface area contributed by atoms with Crippen molar-refractivity contribution in [2.45, 2.75) is 36.6 Å². The molecule has 2 fully saturated rings. The number of rotatable bonds is 8. The summed E-state index contributed by atoms with van der Waals surface area (Å²) in [6.45, 7) is 1.24. The fraction of sp³-hybridized carbons (Fsp3) is 0.650. The van der Waals surface area contributed by atoms with Crippen LogP contribution in [-0.4, -0.2) is 80.7 Å². The van der Waals surface area contributed by atoms with Crippen LogP contribution in [-0.2, 0) is 19.6 Å². The van der Waals surface area contributed by atoms with Crippen LogP contribution in [0.15, 0.2) is 24.3 Å². The number of hydrogen-bond donors (Lipinski definition) is 1. The van der Waals surface area contributed by atoms with Crippen molar-refractivity contribution < 1.29 is 41.0 Å². The highest BCUT2D eigenvalue weighted by molar-refractivity contribution is 7.91. The van der Waals surface area contributed by atoms with Gasteiger partial charge in [-0.25, -0.2) is 8.42 Å². The van der Waals surface area contributed by atoms with Crippen molar-refractivity contribution in [3.05, 3.63) is 24.3 Å². The van der Waals surface area contributed by atoms with E-state index in [1.807, 2.05) is 4.90 Å². The van der Waals surface area contributed by atoms with Gasteiger partial charge in [-0.1, -0.05) is 0 Å². The molecule has 1 aromatic carbocycles. The minimum absolute atomic E-state index is 0.0360. The first-order valence-electron chi connectivity index (χ1n) is 10.4. The maximum Gasteiger partial charge on any atom is 0.389 e. The topological polar surface area (TPSA) is 96.4 Å². The van der Waals surface area contributed by atoms with Gasteiger partial charge in [-0.05, 0) is 30.7 Å². The summed E-state index contributed by atoms with van der Waals surface area (Å²) in [6, 6.07) is 6.85. The Kier molecular flexibility index (Phi) is 7.56. The van der Waals surface area contributed by atoms with E-state index in [0.717, 1.165) is 5.69 Å². The Morgan fingerprint density at radius 2 is 1.69 bits per heavy atom. The van der Waals surface area contributed by atoms with E-state index in [2.05, 4.69) is 0 Å². The second-order valence-corrected chi connectivity index (χ2v) is 10.1. The lowest BCUT2D eigenvalue weighted by Gasteiger charge is -2.41. The normalized spacial score (nSPS) is 20.2.